The largest absolute Gasteiger partial charge is 0.379 e. The first kappa shape index (κ1) is 13.7. The number of hydrogen-bond donors (Lipinski definition) is 3. The van der Waals surface area contributed by atoms with E-state index in [1.54, 1.807) is 24.3 Å². The summed E-state index contributed by atoms with van der Waals surface area (Å²) in [6.07, 6.45) is 0. The molecular formula is C14H9N3O5S. The van der Waals surface area contributed by atoms with Gasteiger partial charge in [-0.1, -0.05) is 24.3 Å². The fourth-order valence-corrected chi connectivity index (χ4v) is 3.38. The monoisotopic (exact) mass is 331 g/mol. The SMILES string of the molecule is O=c1c2ccccc2c(=O)c2c1ccc1c2[nH][nH]n1S(=O)(=O)O. The minimum absolute atomic E-state index is 0.0341. The van der Waals surface area contributed by atoms with Crippen LogP contribution in [0.2, 0.25) is 0 Å². The van der Waals surface area contributed by atoms with Crippen molar-refractivity contribution < 1.29 is 13.0 Å². The Bertz CT molecular complexity index is 1330. The Morgan fingerprint density at radius 2 is 1.57 bits per heavy atom. The van der Waals surface area contributed by atoms with Gasteiger partial charge < -0.3 is 0 Å². The number of rotatable bonds is 1. The first-order valence-electron chi connectivity index (χ1n) is 6.54. The summed E-state index contributed by atoms with van der Waals surface area (Å²) in [7, 11) is -4.57. The quantitative estimate of drug-likeness (QED) is 0.354. The van der Waals surface area contributed by atoms with Crippen molar-refractivity contribution in [2.45, 2.75) is 0 Å². The first-order valence-corrected chi connectivity index (χ1v) is 7.94. The minimum Gasteiger partial charge on any atom is -0.289 e. The van der Waals surface area contributed by atoms with Crippen LogP contribution in [0.25, 0.3) is 32.6 Å². The number of H-pyrrole nitrogens is 2. The average molecular weight is 331 g/mol. The maximum Gasteiger partial charge on any atom is 0.379 e. The highest BCUT2D eigenvalue weighted by atomic mass is 32.2. The van der Waals surface area contributed by atoms with Gasteiger partial charge in [0.15, 0.2) is 10.9 Å². The highest BCUT2D eigenvalue weighted by Gasteiger charge is 2.18. The van der Waals surface area contributed by atoms with Crippen molar-refractivity contribution >= 4 is 42.9 Å². The second-order valence-corrected chi connectivity index (χ2v) is 6.33. The van der Waals surface area contributed by atoms with Crippen molar-refractivity contribution in [1.29, 1.82) is 0 Å². The lowest BCUT2D eigenvalue weighted by atomic mass is 10.0. The number of nitrogens with one attached hydrogen (secondary N) is 2. The molecule has 0 spiro atoms. The van der Waals surface area contributed by atoms with Gasteiger partial charge in [0.25, 0.3) is 0 Å². The van der Waals surface area contributed by atoms with Crippen LogP contribution in [-0.4, -0.2) is 27.4 Å². The number of aromatic nitrogens is 3. The summed E-state index contributed by atoms with van der Waals surface area (Å²) in [5.41, 5.74) is -0.539. The Hall–Kier alpha value is -2.91. The van der Waals surface area contributed by atoms with Gasteiger partial charge in [0, 0.05) is 16.2 Å². The smallest absolute Gasteiger partial charge is 0.289 e. The van der Waals surface area contributed by atoms with Gasteiger partial charge in [-0.3, -0.25) is 19.2 Å². The van der Waals surface area contributed by atoms with Gasteiger partial charge in [-0.15, -0.1) is 4.09 Å². The van der Waals surface area contributed by atoms with E-state index < -0.39 is 15.7 Å². The molecule has 0 fully saturated rings. The van der Waals surface area contributed by atoms with E-state index in [0.717, 1.165) is 0 Å². The normalized spacial score (nSPS) is 12.4. The van der Waals surface area contributed by atoms with Gasteiger partial charge in [-0.2, -0.15) is 8.42 Å². The van der Waals surface area contributed by atoms with Crippen LogP contribution in [0.5, 0.6) is 0 Å². The molecular weight excluding hydrogens is 322 g/mol. The molecule has 4 aromatic rings. The second-order valence-electron chi connectivity index (χ2n) is 5.07. The van der Waals surface area contributed by atoms with Crippen molar-refractivity contribution in [2.75, 3.05) is 0 Å². The van der Waals surface area contributed by atoms with Gasteiger partial charge in [0.1, 0.15) is 5.52 Å². The van der Waals surface area contributed by atoms with Crippen LogP contribution in [0.3, 0.4) is 0 Å². The van der Waals surface area contributed by atoms with Gasteiger partial charge in [-0.05, 0) is 12.1 Å². The summed E-state index contributed by atoms with van der Waals surface area (Å²) in [6.45, 7) is 0. The first-order chi connectivity index (χ1) is 10.9. The average Bonchev–Trinajstić information content (AvgIpc) is 2.96. The summed E-state index contributed by atoms with van der Waals surface area (Å²) in [6, 6.07) is 9.14. The van der Waals surface area contributed by atoms with E-state index in [-0.39, 0.29) is 32.6 Å². The topological polar surface area (TPSA) is 125 Å². The van der Waals surface area contributed by atoms with E-state index in [1.165, 1.54) is 12.1 Å². The molecule has 8 nitrogen and oxygen atoms in total. The summed E-state index contributed by atoms with van der Waals surface area (Å²) >= 11 is 0. The molecule has 0 radical (unpaired) electrons. The molecule has 3 N–H and O–H groups in total. The molecule has 9 heteroatoms. The van der Waals surface area contributed by atoms with E-state index in [9.17, 15) is 22.6 Å². The van der Waals surface area contributed by atoms with E-state index in [0.29, 0.717) is 9.47 Å². The van der Waals surface area contributed by atoms with Crippen LogP contribution < -0.4 is 10.9 Å². The molecule has 0 saturated heterocycles. The zero-order valence-electron chi connectivity index (χ0n) is 11.4. The van der Waals surface area contributed by atoms with Crippen LogP contribution in [0.4, 0.5) is 0 Å². The highest BCUT2D eigenvalue weighted by Crippen LogP contribution is 2.21. The fraction of sp³-hybridized carbons (Fsp3) is 0. The number of benzene rings is 3. The maximum absolute atomic E-state index is 12.7. The summed E-state index contributed by atoms with van der Waals surface area (Å²) < 4.78 is 32.3. The molecule has 0 aliphatic rings. The van der Waals surface area contributed by atoms with Crippen LogP contribution in [0.1, 0.15) is 0 Å². The number of hydrogen-bond acceptors (Lipinski definition) is 4. The van der Waals surface area contributed by atoms with Gasteiger partial charge in [-0.25, -0.2) is 5.21 Å². The zero-order valence-corrected chi connectivity index (χ0v) is 12.2. The molecule has 116 valence electrons. The van der Waals surface area contributed by atoms with Gasteiger partial charge in [0.05, 0.1) is 10.9 Å². The predicted molar refractivity (Wildman–Crippen MR) is 85.1 cm³/mol. The molecule has 0 bridgehead atoms. The van der Waals surface area contributed by atoms with E-state index in [1.807, 2.05) is 0 Å². The van der Waals surface area contributed by atoms with Crippen LogP contribution >= 0.6 is 0 Å². The molecule has 4 rings (SSSR count). The molecule has 1 aromatic heterocycles. The van der Waals surface area contributed by atoms with Crippen LogP contribution in [0, 0.1) is 0 Å². The summed E-state index contributed by atoms with van der Waals surface area (Å²) in [4.78, 5) is 25.3. The molecule has 0 saturated carbocycles. The maximum atomic E-state index is 12.7. The van der Waals surface area contributed by atoms with Crippen LogP contribution in [0.15, 0.2) is 46.0 Å². The third-order valence-corrected chi connectivity index (χ3v) is 4.55. The van der Waals surface area contributed by atoms with E-state index in [2.05, 4.69) is 10.3 Å². The number of aromatic amines is 2. The number of nitrogens with zero attached hydrogens (tertiary/aromatic N) is 1. The van der Waals surface area contributed by atoms with Crippen molar-refractivity contribution in [1.82, 2.24) is 14.4 Å². The molecule has 23 heavy (non-hydrogen) atoms. The Labute approximate surface area is 127 Å². The molecule has 0 aliphatic heterocycles. The predicted octanol–water partition coefficient (Wildman–Crippen LogP) is 0.975. The van der Waals surface area contributed by atoms with Crippen molar-refractivity contribution in [3.8, 4) is 0 Å². The molecule has 0 atom stereocenters. The van der Waals surface area contributed by atoms with Crippen molar-refractivity contribution in [2.24, 2.45) is 0 Å². The number of fused-ring (bicyclic) bond motifs is 4. The van der Waals surface area contributed by atoms with E-state index >= 15 is 0 Å². The Kier molecular flexibility index (Phi) is 2.57. The third kappa shape index (κ3) is 1.77. The molecule has 3 aromatic carbocycles. The lowest BCUT2D eigenvalue weighted by Gasteiger charge is -2.02. The Morgan fingerprint density at radius 1 is 0.913 bits per heavy atom. The molecule has 0 aliphatic carbocycles. The lowest BCUT2D eigenvalue weighted by molar-refractivity contribution is 0.466. The molecule has 0 unspecified atom stereocenters. The Morgan fingerprint density at radius 3 is 2.22 bits per heavy atom. The molecule has 0 amide bonds. The minimum atomic E-state index is -4.57. The van der Waals surface area contributed by atoms with Crippen molar-refractivity contribution in [3.63, 3.8) is 0 Å². The summed E-state index contributed by atoms with van der Waals surface area (Å²) in [5.74, 6) is 0. The zero-order chi connectivity index (χ0) is 16.4. The highest BCUT2D eigenvalue weighted by molar-refractivity contribution is 7.84. The summed E-state index contributed by atoms with van der Waals surface area (Å²) in [5, 5.41) is 5.60. The fourth-order valence-electron chi connectivity index (χ4n) is 2.82. The lowest BCUT2D eigenvalue weighted by Crippen LogP contribution is -2.14. The van der Waals surface area contributed by atoms with Gasteiger partial charge >= 0.3 is 10.3 Å². The van der Waals surface area contributed by atoms with Crippen LogP contribution in [-0.2, 0) is 10.3 Å². The van der Waals surface area contributed by atoms with Gasteiger partial charge in [0.2, 0.25) is 0 Å². The van der Waals surface area contributed by atoms with Crippen molar-refractivity contribution in [3.05, 3.63) is 56.8 Å². The van der Waals surface area contributed by atoms with E-state index in [4.69, 9.17) is 0 Å². The molecule has 1 heterocycles. The second kappa shape index (κ2) is 4.31. The third-order valence-electron chi connectivity index (χ3n) is 3.80. The standard InChI is InChI=1S/C14H9N3O5S/c18-13-7-3-1-2-4-8(7)14(19)11-9(13)5-6-10-12(11)15-16-17(10)23(20,21)22/h1-6,15-16H,(H,20,21,22). The Balaban J connectivity index is 2.35.